The quantitative estimate of drug-likeness (QED) is 0.693. The molecule has 0 aromatic heterocycles. The average molecular weight is 375 g/mol. The minimum Gasteiger partial charge on any atom is -0.456 e. The van der Waals surface area contributed by atoms with Crippen molar-refractivity contribution in [2.45, 2.75) is 26.3 Å². The van der Waals surface area contributed by atoms with E-state index in [4.69, 9.17) is 4.74 Å². The van der Waals surface area contributed by atoms with Gasteiger partial charge in [0.15, 0.2) is 6.61 Å². The number of hydrogen-bond acceptors (Lipinski definition) is 5. The van der Waals surface area contributed by atoms with Crippen LogP contribution in [0, 0.1) is 0 Å². The predicted molar refractivity (Wildman–Crippen MR) is 97.3 cm³/mol. The van der Waals surface area contributed by atoms with Crippen molar-refractivity contribution in [2.75, 3.05) is 32.8 Å². The molecule has 8 nitrogen and oxygen atoms in total. The molecule has 0 saturated carbocycles. The van der Waals surface area contributed by atoms with Gasteiger partial charge in [-0.2, -0.15) is 0 Å². The topological polar surface area (TPSA) is 96.0 Å². The third-order valence-corrected chi connectivity index (χ3v) is 4.32. The first kappa shape index (κ1) is 20.4. The number of carbonyl (C=O) groups is 4. The van der Waals surface area contributed by atoms with Crippen LogP contribution >= 0.6 is 0 Å². The molecule has 0 atom stereocenters. The molecule has 0 aliphatic carbocycles. The minimum absolute atomic E-state index is 0.00350. The summed E-state index contributed by atoms with van der Waals surface area (Å²) < 4.78 is 4.90. The van der Waals surface area contributed by atoms with E-state index in [-0.39, 0.29) is 37.2 Å². The molecule has 8 heteroatoms. The molecule has 0 bridgehead atoms. The number of piperazine rings is 1. The molecule has 1 aromatic carbocycles. The van der Waals surface area contributed by atoms with Gasteiger partial charge in [0.2, 0.25) is 11.8 Å². The lowest BCUT2D eigenvalue weighted by atomic mass is 10.2. The lowest BCUT2D eigenvalue weighted by Gasteiger charge is -2.34. The van der Waals surface area contributed by atoms with Gasteiger partial charge in [-0.3, -0.25) is 19.2 Å². The fourth-order valence-corrected chi connectivity index (χ4v) is 2.70. The van der Waals surface area contributed by atoms with E-state index >= 15 is 0 Å². The van der Waals surface area contributed by atoms with Gasteiger partial charge >= 0.3 is 5.97 Å². The molecule has 1 saturated heterocycles. The zero-order valence-electron chi connectivity index (χ0n) is 15.5. The normalized spacial score (nSPS) is 13.8. The van der Waals surface area contributed by atoms with Crippen LogP contribution < -0.4 is 5.32 Å². The fourth-order valence-electron chi connectivity index (χ4n) is 2.70. The van der Waals surface area contributed by atoms with Gasteiger partial charge in [-0.25, -0.2) is 0 Å². The van der Waals surface area contributed by atoms with E-state index in [2.05, 4.69) is 5.32 Å². The van der Waals surface area contributed by atoms with E-state index in [1.165, 1.54) is 6.92 Å². The maximum atomic E-state index is 12.1. The molecule has 3 amide bonds. The van der Waals surface area contributed by atoms with Crippen LogP contribution in [-0.4, -0.2) is 66.3 Å². The lowest BCUT2D eigenvalue weighted by Crippen LogP contribution is -2.50. The minimum atomic E-state index is -0.583. The van der Waals surface area contributed by atoms with Gasteiger partial charge < -0.3 is 19.9 Å². The summed E-state index contributed by atoms with van der Waals surface area (Å²) in [6, 6.07) is 9.40. The molecule has 1 aromatic rings. The van der Waals surface area contributed by atoms with Crippen molar-refractivity contribution >= 4 is 23.7 Å². The molecule has 1 fully saturated rings. The number of amides is 3. The number of hydrogen-bond donors (Lipinski definition) is 1. The summed E-state index contributed by atoms with van der Waals surface area (Å²) in [7, 11) is 0. The molecular weight excluding hydrogens is 350 g/mol. The molecule has 0 radical (unpaired) electrons. The first-order valence-corrected chi connectivity index (χ1v) is 8.95. The molecule has 1 heterocycles. The van der Waals surface area contributed by atoms with Gasteiger partial charge in [0.25, 0.3) is 5.91 Å². The van der Waals surface area contributed by atoms with E-state index in [1.54, 1.807) is 9.80 Å². The van der Waals surface area contributed by atoms with Crippen LogP contribution in [0.1, 0.15) is 25.3 Å². The summed E-state index contributed by atoms with van der Waals surface area (Å²) in [5, 5.41) is 2.66. The van der Waals surface area contributed by atoms with Gasteiger partial charge in [-0.1, -0.05) is 30.3 Å². The Bertz CT molecular complexity index is 669. The van der Waals surface area contributed by atoms with Crippen molar-refractivity contribution in [3.05, 3.63) is 35.9 Å². The summed E-state index contributed by atoms with van der Waals surface area (Å²) >= 11 is 0. The second-order valence-electron chi connectivity index (χ2n) is 6.31. The van der Waals surface area contributed by atoms with Crippen molar-refractivity contribution in [1.29, 1.82) is 0 Å². The maximum absolute atomic E-state index is 12.1. The largest absolute Gasteiger partial charge is 0.456 e. The highest BCUT2D eigenvalue weighted by molar-refractivity contribution is 5.84. The summed E-state index contributed by atoms with van der Waals surface area (Å²) in [5.74, 6) is -1.13. The second-order valence-corrected chi connectivity index (χ2v) is 6.31. The van der Waals surface area contributed by atoms with Crippen LogP contribution in [0.25, 0.3) is 0 Å². The number of nitrogens with one attached hydrogen (secondary N) is 1. The Kier molecular flexibility index (Phi) is 7.79. The standard InChI is InChI=1S/C19H25N3O5/c1-15(23)21-9-11-22(12-10-21)18(25)7-8-19(26)27-14-17(24)20-13-16-5-3-2-4-6-16/h2-6H,7-14H2,1H3,(H,20,24). The van der Waals surface area contributed by atoms with Gasteiger partial charge in [-0.15, -0.1) is 0 Å². The van der Waals surface area contributed by atoms with Crippen LogP contribution in [0.4, 0.5) is 0 Å². The molecule has 1 aliphatic heterocycles. The van der Waals surface area contributed by atoms with Crippen molar-refractivity contribution in [3.8, 4) is 0 Å². The Morgan fingerprint density at radius 2 is 1.59 bits per heavy atom. The number of nitrogens with zero attached hydrogens (tertiary/aromatic N) is 2. The Labute approximate surface area is 158 Å². The molecule has 0 unspecified atom stereocenters. The summed E-state index contributed by atoms with van der Waals surface area (Å²) in [6.45, 7) is 3.45. The second kappa shape index (κ2) is 10.3. The maximum Gasteiger partial charge on any atom is 0.306 e. The molecule has 2 rings (SSSR count). The first-order valence-electron chi connectivity index (χ1n) is 8.95. The van der Waals surface area contributed by atoms with E-state index < -0.39 is 5.97 Å². The smallest absolute Gasteiger partial charge is 0.306 e. The van der Waals surface area contributed by atoms with E-state index in [1.807, 2.05) is 30.3 Å². The highest BCUT2D eigenvalue weighted by Gasteiger charge is 2.22. The van der Waals surface area contributed by atoms with Gasteiger partial charge in [0, 0.05) is 46.1 Å². The number of ether oxygens (including phenoxy) is 1. The van der Waals surface area contributed by atoms with Crippen LogP contribution in [0.5, 0.6) is 0 Å². The van der Waals surface area contributed by atoms with Crippen molar-refractivity contribution in [2.24, 2.45) is 0 Å². The van der Waals surface area contributed by atoms with Crippen LogP contribution in [-0.2, 0) is 30.5 Å². The summed E-state index contributed by atoms with van der Waals surface area (Å²) in [6.07, 6.45) is -0.0394. The highest BCUT2D eigenvalue weighted by atomic mass is 16.5. The Morgan fingerprint density at radius 3 is 2.22 bits per heavy atom. The van der Waals surface area contributed by atoms with Crippen molar-refractivity contribution < 1.29 is 23.9 Å². The summed E-state index contributed by atoms with van der Waals surface area (Å²) in [5.41, 5.74) is 0.952. The van der Waals surface area contributed by atoms with Crippen LogP contribution in [0.3, 0.4) is 0 Å². The number of benzene rings is 1. The zero-order chi connectivity index (χ0) is 19.6. The van der Waals surface area contributed by atoms with Gasteiger partial charge in [0.1, 0.15) is 0 Å². The molecular formula is C19H25N3O5. The first-order chi connectivity index (χ1) is 13.0. The van der Waals surface area contributed by atoms with Crippen LogP contribution in [0.15, 0.2) is 30.3 Å². The third kappa shape index (κ3) is 7.08. The monoisotopic (exact) mass is 375 g/mol. The predicted octanol–water partition coefficient (Wildman–Crippen LogP) is 0.317. The van der Waals surface area contributed by atoms with E-state index in [9.17, 15) is 19.2 Å². The molecule has 1 N–H and O–H groups in total. The zero-order valence-corrected chi connectivity index (χ0v) is 15.5. The Hall–Kier alpha value is -2.90. The third-order valence-electron chi connectivity index (χ3n) is 4.32. The molecule has 146 valence electrons. The van der Waals surface area contributed by atoms with Gasteiger partial charge in [-0.05, 0) is 5.56 Å². The lowest BCUT2D eigenvalue weighted by molar-refractivity contribution is -0.150. The SMILES string of the molecule is CC(=O)N1CCN(C(=O)CCC(=O)OCC(=O)NCc2ccccc2)CC1. The molecule has 1 aliphatic rings. The number of rotatable bonds is 7. The van der Waals surface area contributed by atoms with E-state index in [0.717, 1.165) is 5.56 Å². The van der Waals surface area contributed by atoms with Crippen LogP contribution in [0.2, 0.25) is 0 Å². The highest BCUT2D eigenvalue weighted by Crippen LogP contribution is 2.06. The van der Waals surface area contributed by atoms with Crippen molar-refractivity contribution in [1.82, 2.24) is 15.1 Å². The van der Waals surface area contributed by atoms with Crippen molar-refractivity contribution in [3.63, 3.8) is 0 Å². The number of carbonyl (C=O) groups excluding carboxylic acids is 4. The Balaban J connectivity index is 1.59. The molecule has 27 heavy (non-hydrogen) atoms. The Morgan fingerprint density at radius 1 is 0.963 bits per heavy atom. The fraction of sp³-hybridized carbons (Fsp3) is 0.474. The van der Waals surface area contributed by atoms with Gasteiger partial charge in [0.05, 0.1) is 6.42 Å². The van der Waals surface area contributed by atoms with E-state index in [0.29, 0.717) is 32.7 Å². The average Bonchev–Trinajstić information content (AvgIpc) is 2.69. The number of esters is 1. The molecule has 0 spiro atoms. The summed E-state index contributed by atoms with van der Waals surface area (Å²) in [4.78, 5) is 50.1.